The summed E-state index contributed by atoms with van der Waals surface area (Å²) < 4.78 is 2.57. The van der Waals surface area contributed by atoms with E-state index in [9.17, 15) is 14.4 Å². The number of aromatic nitrogens is 3. The van der Waals surface area contributed by atoms with Crippen molar-refractivity contribution in [1.29, 1.82) is 0 Å². The first-order valence-electron chi connectivity index (χ1n) is 7.43. The Morgan fingerprint density at radius 1 is 1.17 bits per heavy atom. The predicted octanol–water partition coefficient (Wildman–Crippen LogP) is -0.537. The summed E-state index contributed by atoms with van der Waals surface area (Å²) >= 11 is 0. The van der Waals surface area contributed by atoms with Gasteiger partial charge in [-0.2, -0.15) is 0 Å². The Labute approximate surface area is 132 Å². The Kier molecular flexibility index (Phi) is 3.81. The topological polar surface area (TPSA) is 92.1 Å². The average molecular weight is 317 g/mol. The van der Waals surface area contributed by atoms with Gasteiger partial charge in [-0.05, 0) is 12.5 Å². The molecule has 1 aliphatic heterocycles. The van der Waals surface area contributed by atoms with Crippen LogP contribution in [0, 0.1) is 0 Å². The largest absolute Gasteiger partial charge is 0.380 e. The highest BCUT2D eigenvalue weighted by Crippen LogP contribution is 2.19. The number of H-pyrrole nitrogens is 1. The fraction of sp³-hybridized carbons (Fsp3) is 0.400. The number of nitrogens with one attached hydrogen (secondary N) is 2. The number of hydrogen-bond acceptors (Lipinski definition) is 5. The van der Waals surface area contributed by atoms with Crippen LogP contribution in [0.3, 0.4) is 0 Å². The first-order valence-corrected chi connectivity index (χ1v) is 7.43. The molecule has 1 fully saturated rings. The monoisotopic (exact) mass is 317 g/mol. The van der Waals surface area contributed by atoms with Crippen LogP contribution in [0.4, 0.5) is 11.5 Å². The van der Waals surface area contributed by atoms with Crippen molar-refractivity contribution in [1.82, 2.24) is 14.1 Å². The average Bonchev–Trinajstić information content (AvgIpc) is 2.97. The van der Waals surface area contributed by atoms with Crippen molar-refractivity contribution in [2.24, 2.45) is 14.1 Å². The van der Waals surface area contributed by atoms with Gasteiger partial charge in [0.25, 0.3) is 5.56 Å². The highest BCUT2D eigenvalue weighted by atomic mass is 16.2. The molecular formula is C15H19N5O3. The van der Waals surface area contributed by atoms with Gasteiger partial charge < -0.3 is 15.2 Å². The van der Waals surface area contributed by atoms with Gasteiger partial charge >= 0.3 is 5.69 Å². The van der Waals surface area contributed by atoms with Gasteiger partial charge in [0.2, 0.25) is 5.56 Å². The normalized spacial score (nSPS) is 17.5. The van der Waals surface area contributed by atoms with Crippen LogP contribution in [0.1, 0.15) is 6.42 Å². The molecule has 1 atom stereocenters. The van der Waals surface area contributed by atoms with Crippen LogP contribution in [0.25, 0.3) is 0 Å². The summed E-state index contributed by atoms with van der Waals surface area (Å²) in [6, 6.07) is 4.95. The highest BCUT2D eigenvalue weighted by molar-refractivity contribution is 5.45. The molecule has 0 aliphatic carbocycles. The van der Waals surface area contributed by atoms with E-state index in [4.69, 9.17) is 0 Å². The van der Waals surface area contributed by atoms with Crippen molar-refractivity contribution in [3.8, 4) is 0 Å². The van der Waals surface area contributed by atoms with Crippen LogP contribution >= 0.6 is 0 Å². The Morgan fingerprint density at radius 3 is 2.70 bits per heavy atom. The van der Waals surface area contributed by atoms with E-state index in [1.165, 1.54) is 23.7 Å². The number of aromatic amines is 1. The molecule has 8 nitrogen and oxygen atoms in total. The maximum atomic E-state index is 12.0. The first kappa shape index (κ1) is 15.1. The van der Waals surface area contributed by atoms with Crippen LogP contribution in [0.15, 0.2) is 38.8 Å². The minimum atomic E-state index is -0.335. The SMILES string of the molecule is Cn1c(N2CC[C@H](Nc3cc[nH]c(=O)c3)C2)cc(=O)n(C)c1=O. The molecule has 0 bridgehead atoms. The molecular weight excluding hydrogens is 298 g/mol. The molecule has 0 saturated carbocycles. The third kappa shape index (κ3) is 2.92. The van der Waals surface area contributed by atoms with Crippen molar-refractivity contribution in [2.45, 2.75) is 12.5 Å². The van der Waals surface area contributed by atoms with Crippen molar-refractivity contribution >= 4 is 11.5 Å². The van der Waals surface area contributed by atoms with Gasteiger partial charge in [-0.15, -0.1) is 0 Å². The van der Waals surface area contributed by atoms with Crippen molar-refractivity contribution in [3.63, 3.8) is 0 Å². The number of rotatable bonds is 3. The Morgan fingerprint density at radius 2 is 1.96 bits per heavy atom. The molecule has 1 saturated heterocycles. The van der Waals surface area contributed by atoms with Crippen LogP contribution in [0.2, 0.25) is 0 Å². The molecule has 2 aromatic heterocycles. The van der Waals surface area contributed by atoms with Crippen LogP contribution < -0.4 is 27.0 Å². The van der Waals surface area contributed by atoms with Gasteiger partial charge in [0.05, 0.1) is 0 Å². The lowest BCUT2D eigenvalue weighted by molar-refractivity contribution is 0.672. The standard InChI is InChI=1S/C15H19N5O3/c1-18-13(8-14(22)19(2)15(18)23)20-6-4-11(9-20)17-10-3-5-16-12(21)7-10/h3,5,7-8,11H,4,6,9H2,1-2H3,(H2,16,17,21)/t11-/m0/s1. The van der Waals surface area contributed by atoms with Crippen molar-refractivity contribution in [3.05, 3.63) is 55.6 Å². The van der Waals surface area contributed by atoms with E-state index in [2.05, 4.69) is 10.3 Å². The molecule has 122 valence electrons. The maximum absolute atomic E-state index is 12.0. The fourth-order valence-corrected chi connectivity index (χ4v) is 2.88. The lowest BCUT2D eigenvalue weighted by Gasteiger charge is -2.22. The van der Waals surface area contributed by atoms with E-state index < -0.39 is 0 Å². The second-order valence-corrected chi connectivity index (χ2v) is 5.76. The number of anilines is 2. The molecule has 0 unspecified atom stereocenters. The van der Waals surface area contributed by atoms with Crippen LogP contribution in [-0.2, 0) is 14.1 Å². The molecule has 0 amide bonds. The number of nitrogens with zero attached hydrogens (tertiary/aromatic N) is 3. The summed E-state index contributed by atoms with van der Waals surface area (Å²) in [5, 5.41) is 3.31. The Bertz CT molecular complexity index is 895. The number of pyridine rings is 1. The van der Waals surface area contributed by atoms with Gasteiger partial charge in [0.1, 0.15) is 5.82 Å². The Hall–Kier alpha value is -2.77. The summed E-state index contributed by atoms with van der Waals surface area (Å²) in [5.74, 6) is 0.619. The molecule has 3 rings (SSSR count). The van der Waals surface area contributed by atoms with E-state index >= 15 is 0 Å². The minimum absolute atomic E-state index is 0.149. The van der Waals surface area contributed by atoms with Gasteiger partial charge in [-0.1, -0.05) is 0 Å². The second kappa shape index (κ2) is 5.79. The molecule has 23 heavy (non-hydrogen) atoms. The summed E-state index contributed by atoms with van der Waals surface area (Å²) in [6.45, 7) is 1.40. The third-order valence-electron chi connectivity index (χ3n) is 4.16. The lowest BCUT2D eigenvalue weighted by Crippen LogP contribution is -2.40. The quantitative estimate of drug-likeness (QED) is 0.793. The summed E-state index contributed by atoms with van der Waals surface area (Å²) in [6.07, 6.45) is 2.46. The van der Waals surface area contributed by atoms with Crippen LogP contribution in [-0.4, -0.2) is 33.2 Å². The summed E-state index contributed by atoms with van der Waals surface area (Å²) in [4.78, 5) is 39.8. The van der Waals surface area contributed by atoms with E-state index in [-0.39, 0.29) is 22.9 Å². The van der Waals surface area contributed by atoms with Gasteiger partial charge in [0.15, 0.2) is 0 Å². The number of hydrogen-bond donors (Lipinski definition) is 2. The molecule has 1 aliphatic rings. The molecule has 0 radical (unpaired) electrons. The molecule has 2 aromatic rings. The van der Waals surface area contributed by atoms with Gasteiger partial charge in [0, 0.05) is 57.2 Å². The van der Waals surface area contributed by atoms with E-state index in [1.54, 1.807) is 19.3 Å². The molecule has 0 aromatic carbocycles. The minimum Gasteiger partial charge on any atom is -0.380 e. The fourth-order valence-electron chi connectivity index (χ4n) is 2.88. The Balaban J connectivity index is 1.79. The zero-order valence-corrected chi connectivity index (χ0v) is 13.1. The third-order valence-corrected chi connectivity index (χ3v) is 4.16. The van der Waals surface area contributed by atoms with Crippen molar-refractivity contribution in [2.75, 3.05) is 23.3 Å². The highest BCUT2D eigenvalue weighted by Gasteiger charge is 2.25. The van der Waals surface area contributed by atoms with Crippen molar-refractivity contribution < 1.29 is 0 Å². The van der Waals surface area contributed by atoms with Gasteiger partial charge in [-0.25, -0.2) is 4.79 Å². The summed E-state index contributed by atoms with van der Waals surface area (Å²) in [7, 11) is 3.13. The molecule has 2 N–H and O–H groups in total. The van der Waals surface area contributed by atoms with E-state index in [1.807, 2.05) is 4.90 Å². The molecule has 8 heteroatoms. The first-order chi connectivity index (χ1) is 11.0. The van der Waals surface area contributed by atoms with Gasteiger partial charge in [-0.3, -0.25) is 18.7 Å². The zero-order chi connectivity index (χ0) is 16.6. The molecule has 3 heterocycles. The van der Waals surface area contributed by atoms with E-state index in [0.717, 1.165) is 23.2 Å². The van der Waals surface area contributed by atoms with E-state index in [0.29, 0.717) is 12.4 Å². The predicted molar refractivity (Wildman–Crippen MR) is 88.2 cm³/mol. The zero-order valence-electron chi connectivity index (χ0n) is 13.1. The lowest BCUT2D eigenvalue weighted by atomic mass is 10.2. The summed E-state index contributed by atoms with van der Waals surface area (Å²) in [5.41, 5.74) is -0.0372. The molecule has 0 spiro atoms. The second-order valence-electron chi connectivity index (χ2n) is 5.76. The van der Waals surface area contributed by atoms with Crippen LogP contribution in [0.5, 0.6) is 0 Å². The maximum Gasteiger partial charge on any atom is 0.332 e. The smallest absolute Gasteiger partial charge is 0.332 e.